The number of hydrogen-bond donors (Lipinski definition) is 4. The van der Waals surface area contributed by atoms with Gasteiger partial charge in [-0.05, 0) is 104 Å². The second-order valence-corrected chi connectivity index (χ2v) is 14.0. The van der Waals surface area contributed by atoms with E-state index in [0.717, 1.165) is 44.9 Å². The van der Waals surface area contributed by atoms with Gasteiger partial charge in [0.2, 0.25) is 0 Å². The number of allylic oxidation sites excluding steroid dienone is 2. The summed E-state index contributed by atoms with van der Waals surface area (Å²) in [6.45, 7) is 8.68. The van der Waals surface area contributed by atoms with Crippen LogP contribution in [0.4, 0.5) is 0 Å². The van der Waals surface area contributed by atoms with Crippen molar-refractivity contribution in [1.82, 2.24) is 0 Å². The van der Waals surface area contributed by atoms with E-state index in [4.69, 9.17) is 4.55 Å². The first-order valence-electron chi connectivity index (χ1n) is 13.6. The monoisotopic (exact) mass is 514 g/mol. The first-order chi connectivity index (χ1) is 16.2. The van der Waals surface area contributed by atoms with Crippen molar-refractivity contribution in [3.05, 3.63) is 12.2 Å². The Hall–Kier alpha value is -0.510. The zero-order valence-corrected chi connectivity index (χ0v) is 22.6. The Morgan fingerprint density at radius 3 is 2.34 bits per heavy atom. The average molecular weight is 515 g/mol. The van der Waals surface area contributed by atoms with Gasteiger partial charge in [-0.25, -0.2) is 4.18 Å². The van der Waals surface area contributed by atoms with Crippen molar-refractivity contribution in [3.8, 4) is 0 Å². The van der Waals surface area contributed by atoms with E-state index in [-0.39, 0.29) is 47.2 Å². The molecule has 0 saturated heterocycles. The predicted octanol–water partition coefficient (Wildman–Crippen LogP) is 4.13. The number of fused-ring (bicyclic) bond motifs is 5. The Kier molecular flexibility index (Phi) is 7.60. The molecule has 0 amide bonds. The van der Waals surface area contributed by atoms with Crippen molar-refractivity contribution in [2.75, 3.05) is 6.61 Å². The Labute approximate surface area is 211 Å². The van der Waals surface area contributed by atoms with Crippen molar-refractivity contribution in [2.45, 2.75) is 103 Å². The fraction of sp³-hybridized carbons (Fsp3) is 0.926. The summed E-state index contributed by atoms with van der Waals surface area (Å²) < 4.78 is 34.8. The van der Waals surface area contributed by atoms with Crippen LogP contribution in [0, 0.1) is 46.3 Å². The van der Waals surface area contributed by atoms with Gasteiger partial charge in [-0.3, -0.25) is 4.55 Å². The largest absolute Gasteiger partial charge is 0.397 e. The van der Waals surface area contributed by atoms with Crippen LogP contribution in [0.1, 0.15) is 85.5 Å². The molecule has 0 spiro atoms. The fourth-order valence-electron chi connectivity index (χ4n) is 9.11. The fourth-order valence-corrected chi connectivity index (χ4v) is 9.51. The summed E-state index contributed by atoms with van der Waals surface area (Å²) in [7, 11) is -4.41. The molecule has 0 radical (unpaired) electrons. The Morgan fingerprint density at radius 2 is 1.66 bits per heavy atom. The van der Waals surface area contributed by atoms with E-state index in [1.165, 1.54) is 0 Å². The van der Waals surface area contributed by atoms with Crippen LogP contribution in [0.25, 0.3) is 0 Å². The van der Waals surface area contributed by atoms with Crippen LogP contribution in [0.5, 0.6) is 0 Å². The Balaban J connectivity index is 1.47. The number of rotatable bonds is 7. The van der Waals surface area contributed by atoms with Crippen LogP contribution in [0.15, 0.2) is 12.2 Å². The van der Waals surface area contributed by atoms with Gasteiger partial charge in [0.05, 0.1) is 24.4 Å². The summed E-state index contributed by atoms with van der Waals surface area (Å²) >= 11 is 0. The van der Waals surface area contributed by atoms with E-state index in [2.05, 4.69) is 37.1 Å². The molecule has 11 atom stereocenters. The van der Waals surface area contributed by atoms with Gasteiger partial charge in [-0.15, -0.1) is 0 Å². The van der Waals surface area contributed by atoms with Gasteiger partial charge in [0.25, 0.3) is 0 Å². The minimum atomic E-state index is -4.41. The number of aliphatic hydroxyl groups is 3. The summed E-state index contributed by atoms with van der Waals surface area (Å²) in [5, 5.41) is 34.0. The minimum Gasteiger partial charge on any atom is -0.393 e. The van der Waals surface area contributed by atoms with Crippen molar-refractivity contribution in [3.63, 3.8) is 0 Å². The lowest BCUT2D eigenvalue weighted by molar-refractivity contribution is -0.271. The zero-order chi connectivity index (χ0) is 25.8. The summed E-state index contributed by atoms with van der Waals surface area (Å²) in [5.41, 5.74) is -1.15. The maximum Gasteiger partial charge on any atom is 0.397 e. The standard InChI is InChI=1S/C27H46O7S/c1-17(16-34-35(31,32)33)6-5-7-18(2)21-8-9-22-26(21,4)13-11-23-25(3)12-10-20(28)14-19(25)15-24(29)27(22,23)30/h5,7,17-24,28-30H,6,8-16H2,1-4H3,(H,31,32,33)/b7-5+/t17-,18+,19+,20+,21+,22+,23+,24+,25-,26+,27+/m0/s1. The normalized spacial score (nSPS) is 47.7. The lowest BCUT2D eigenvalue weighted by Crippen LogP contribution is -2.69. The van der Waals surface area contributed by atoms with Gasteiger partial charge in [0.1, 0.15) is 0 Å². The van der Waals surface area contributed by atoms with Crippen molar-refractivity contribution < 1.29 is 32.5 Å². The lowest BCUT2D eigenvalue weighted by atomic mass is 9.42. The van der Waals surface area contributed by atoms with Gasteiger partial charge in [0.15, 0.2) is 0 Å². The second-order valence-electron chi connectivity index (χ2n) is 12.9. The van der Waals surface area contributed by atoms with Crippen LogP contribution in [-0.2, 0) is 14.6 Å². The molecule has 4 aliphatic carbocycles. The number of hydrogen-bond acceptors (Lipinski definition) is 6. The molecule has 7 nitrogen and oxygen atoms in total. The molecule has 4 N–H and O–H groups in total. The van der Waals surface area contributed by atoms with Gasteiger partial charge in [0, 0.05) is 0 Å². The molecule has 4 aliphatic rings. The molecule has 0 aromatic rings. The molecule has 0 aromatic carbocycles. The van der Waals surface area contributed by atoms with Crippen LogP contribution in [-0.4, -0.2) is 52.7 Å². The van der Waals surface area contributed by atoms with Crippen molar-refractivity contribution in [2.24, 2.45) is 46.3 Å². The molecule has 0 aliphatic heterocycles. The Morgan fingerprint density at radius 1 is 1.00 bits per heavy atom. The summed E-state index contributed by atoms with van der Waals surface area (Å²) in [5.74, 6) is 1.07. The predicted molar refractivity (Wildman–Crippen MR) is 134 cm³/mol. The highest BCUT2D eigenvalue weighted by atomic mass is 32.3. The smallest absolute Gasteiger partial charge is 0.393 e. The molecule has 4 rings (SSSR count). The van der Waals surface area contributed by atoms with Crippen molar-refractivity contribution >= 4 is 10.4 Å². The van der Waals surface area contributed by atoms with E-state index in [1.807, 2.05) is 6.92 Å². The summed E-state index contributed by atoms with van der Waals surface area (Å²) in [6, 6.07) is 0. The molecule has 4 fully saturated rings. The van der Waals surface area contributed by atoms with E-state index in [0.29, 0.717) is 24.7 Å². The molecule has 4 saturated carbocycles. The second kappa shape index (κ2) is 9.66. The van der Waals surface area contributed by atoms with Gasteiger partial charge >= 0.3 is 10.4 Å². The first-order valence-corrected chi connectivity index (χ1v) is 14.9. The van der Waals surface area contributed by atoms with Crippen molar-refractivity contribution in [1.29, 1.82) is 0 Å². The quantitative estimate of drug-likeness (QED) is 0.297. The van der Waals surface area contributed by atoms with Gasteiger partial charge in [-0.1, -0.05) is 39.8 Å². The number of aliphatic hydroxyl groups excluding tert-OH is 2. The van der Waals surface area contributed by atoms with Crippen LogP contribution < -0.4 is 0 Å². The third-order valence-electron chi connectivity index (χ3n) is 11.0. The highest BCUT2D eigenvalue weighted by Gasteiger charge is 2.69. The molecule has 35 heavy (non-hydrogen) atoms. The van der Waals surface area contributed by atoms with E-state index in [1.54, 1.807) is 0 Å². The average Bonchev–Trinajstić information content (AvgIpc) is 3.12. The maximum absolute atomic E-state index is 12.3. The topological polar surface area (TPSA) is 124 Å². The first kappa shape index (κ1) is 27.5. The third kappa shape index (κ3) is 4.88. The maximum atomic E-state index is 12.3. The molecular formula is C27H46O7S. The summed E-state index contributed by atoms with van der Waals surface area (Å²) in [6.07, 6.45) is 10.8. The van der Waals surface area contributed by atoms with E-state index >= 15 is 0 Å². The third-order valence-corrected chi connectivity index (χ3v) is 11.4. The van der Waals surface area contributed by atoms with Gasteiger partial charge in [-0.2, -0.15) is 8.42 Å². The van der Waals surface area contributed by atoms with Crippen LogP contribution in [0.3, 0.4) is 0 Å². The molecule has 202 valence electrons. The molecular weight excluding hydrogens is 468 g/mol. The van der Waals surface area contributed by atoms with E-state index < -0.39 is 22.1 Å². The minimum absolute atomic E-state index is 0.0294. The summed E-state index contributed by atoms with van der Waals surface area (Å²) in [4.78, 5) is 0. The van der Waals surface area contributed by atoms with E-state index in [9.17, 15) is 23.7 Å². The Bertz CT molecular complexity index is 905. The molecule has 8 heteroatoms. The SMILES string of the molecule is C[C@@H](C/C=C/[C@@H](C)[C@H]1CC[C@@H]2[C@]1(C)CC[C@@H]1[C@@]3(C)CC[C@@H](O)C[C@@H]3C[C@@H](O)[C@]12O)COS(=O)(=O)O. The molecule has 0 heterocycles. The zero-order valence-electron chi connectivity index (χ0n) is 21.8. The van der Waals surface area contributed by atoms with Crippen LogP contribution in [0.2, 0.25) is 0 Å². The highest BCUT2D eigenvalue weighted by molar-refractivity contribution is 7.80. The molecule has 0 bridgehead atoms. The molecule has 0 aromatic heterocycles. The van der Waals surface area contributed by atoms with Gasteiger partial charge < -0.3 is 15.3 Å². The molecule has 0 unspecified atom stereocenters. The highest BCUT2D eigenvalue weighted by Crippen LogP contribution is 2.69. The van der Waals surface area contributed by atoms with Crippen LogP contribution >= 0.6 is 0 Å². The lowest BCUT2D eigenvalue weighted by Gasteiger charge is -2.66.